The van der Waals surface area contributed by atoms with Crippen molar-refractivity contribution in [3.05, 3.63) is 83.5 Å². The molecule has 2 aliphatic carbocycles. The first kappa shape index (κ1) is 11.7. The molecule has 0 bridgehead atoms. The van der Waals surface area contributed by atoms with Gasteiger partial charge in [-0.1, -0.05) is 72.3 Å². The second-order valence-electron chi connectivity index (χ2n) is 5.72. The molecule has 0 nitrogen and oxygen atoms in total. The Kier molecular flexibility index (Phi) is 2.81. The van der Waals surface area contributed by atoms with Crippen LogP contribution in [0.2, 0.25) is 0 Å². The van der Waals surface area contributed by atoms with E-state index in [0.717, 1.165) is 6.42 Å². The summed E-state index contributed by atoms with van der Waals surface area (Å²) in [4.78, 5) is 0. The lowest BCUT2D eigenvalue weighted by molar-refractivity contribution is 0.719. The number of hydrogen-bond donors (Lipinski definition) is 0. The number of rotatable bonds is 3. The van der Waals surface area contributed by atoms with E-state index in [0.29, 0.717) is 5.92 Å². The lowest BCUT2D eigenvalue weighted by Crippen LogP contribution is -1.97. The number of allylic oxidation sites excluding steroid dienone is 4. The molecule has 98 valence electrons. The zero-order chi connectivity index (χ0) is 13.4. The van der Waals surface area contributed by atoms with Gasteiger partial charge in [0, 0.05) is 5.92 Å². The lowest BCUT2D eigenvalue weighted by Gasteiger charge is -2.14. The summed E-state index contributed by atoms with van der Waals surface area (Å²) in [7, 11) is 0. The molecule has 0 amide bonds. The second kappa shape index (κ2) is 4.79. The molecule has 0 N–H and O–H groups in total. The Hall–Kier alpha value is -2.08. The van der Waals surface area contributed by atoms with E-state index in [1.807, 2.05) is 0 Å². The van der Waals surface area contributed by atoms with Gasteiger partial charge in [0.2, 0.25) is 0 Å². The number of benzene rings is 2. The van der Waals surface area contributed by atoms with Crippen LogP contribution in [-0.2, 0) is 0 Å². The molecule has 0 aliphatic heterocycles. The Labute approximate surface area is 120 Å². The van der Waals surface area contributed by atoms with Crippen molar-refractivity contribution >= 4 is 0 Å². The molecule has 2 aliphatic rings. The van der Waals surface area contributed by atoms with Crippen molar-refractivity contribution in [1.29, 1.82) is 0 Å². The third-order valence-electron chi connectivity index (χ3n) is 4.56. The third kappa shape index (κ3) is 1.84. The monoisotopic (exact) mass is 258 g/mol. The standard InChI is InChI=1S/C20H18/c1-2-8-15(7-1)13-14-20-18-11-5-3-9-16(18)17-10-4-6-12-19(17)20/h1-7,9-12,20H,8,13-14H2. The maximum Gasteiger partial charge on any atom is 0.0105 e. The highest BCUT2D eigenvalue weighted by Crippen LogP contribution is 2.47. The Morgan fingerprint density at radius 2 is 1.50 bits per heavy atom. The summed E-state index contributed by atoms with van der Waals surface area (Å²) in [5, 5.41) is 0. The predicted molar refractivity (Wildman–Crippen MR) is 84.8 cm³/mol. The molecular formula is C20H18. The fraction of sp³-hybridized carbons (Fsp3) is 0.200. The Morgan fingerprint density at radius 3 is 2.10 bits per heavy atom. The van der Waals surface area contributed by atoms with E-state index in [9.17, 15) is 0 Å². The van der Waals surface area contributed by atoms with Gasteiger partial charge in [-0.3, -0.25) is 0 Å². The molecule has 0 heteroatoms. The van der Waals surface area contributed by atoms with Crippen molar-refractivity contribution < 1.29 is 0 Å². The van der Waals surface area contributed by atoms with E-state index in [1.165, 1.54) is 35.1 Å². The molecule has 0 radical (unpaired) electrons. The van der Waals surface area contributed by atoms with Gasteiger partial charge in [0.1, 0.15) is 0 Å². The Morgan fingerprint density at radius 1 is 0.850 bits per heavy atom. The predicted octanol–water partition coefficient (Wildman–Crippen LogP) is 5.47. The zero-order valence-corrected chi connectivity index (χ0v) is 11.5. The number of hydrogen-bond acceptors (Lipinski definition) is 0. The van der Waals surface area contributed by atoms with Crippen LogP contribution in [0.3, 0.4) is 0 Å². The third-order valence-corrected chi connectivity index (χ3v) is 4.56. The maximum atomic E-state index is 2.31. The summed E-state index contributed by atoms with van der Waals surface area (Å²) in [6.07, 6.45) is 10.3. The van der Waals surface area contributed by atoms with Gasteiger partial charge < -0.3 is 0 Å². The van der Waals surface area contributed by atoms with Crippen molar-refractivity contribution in [2.45, 2.75) is 25.2 Å². The topological polar surface area (TPSA) is 0 Å². The highest BCUT2D eigenvalue weighted by Gasteiger charge is 2.27. The van der Waals surface area contributed by atoms with Gasteiger partial charge >= 0.3 is 0 Å². The highest BCUT2D eigenvalue weighted by atomic mass is 14.3. The minimum absolute atomic E-state index is 0.573. The van der Waals surface area contributed by atoms with E-state index in [2.05, 4.69) is 66.8 Å². The summed E-state index contributed by atoms with van der Waals surface area (Å²) in [5.41, 5.74) is 7.48. The summed E-state index contributed by atoms with van der Waals surface area (Å²) in [6, 6.07) is 17.8. The molecule has 0 spiro atoms. The molecule has 0 unspecified atom stereocenters. The molecule has 20 heavy (non-hydrogen) atoms. The SMILES string of the molecule is C1=CCC(CCC2c3ccccc3-c3ccccc32)=C1. The normalized spacial score (nSPS) is 16.1. The van der Waals surface area contributed by atoms with E-state index < -0.39 is 0 Å². The van der Waals surface area contributed by atoms with E-state index in [-0.39, 0.29) is 0 Å². The van der Waals surface area contributed by atoms with Gasteiger partial charge in [0.25, 0.3) is 0 Å². The smallest absolute Gasteiger partial charge is 0.0105 e. The molecule has 4 rings (SSSR count). The van der Waals surface area contributed by atoms with Gasteiger partial charge in [-0.05, 0) is 41.5 Å². The molecular weight excluding hydrogens is 240 g/mol. The van der Waals surface area contributed by atoms with E-state index in [4.69, 9.17) is 0 Å². The Bertz CT molecular complexity index is 658. The van der Waals surface area contributed by atoms with Crippen LogP contribution in [0.25, 0.3) is 11.1 Å². The summed E-state index contributed by atoms with van der Waals surface area (Å²) >= 11 is 0. The first-order valence-corrected chi connectivity index (χ1v) is 7.46. The molecule has 2 aromatic carbocycles. The summed E-state index contributed by atoms with van der Waals surface area (Å²) in [5.74, 6) is 0.573. The van der Waals surface area contributed by atoms with Crippen LogP contribution in [0.5, 0.6) is 0 Å². The van der Waals surface area contributed by atoms with Crippen LogP contribution in [0, 0.1) is 0 Å². The molecule has 0 saturated heterocycles. The van der Waals surface area contributed by atoms with Crippen LogP contribution in [0.1, 0.15) is 36.3 Å². The van der Waals surface area contributed by atoms with E-state index >= 15 is 0 Å². The molecule has 0 saturated carbocycles. The molecule has 0 aromatic heterocycles. The minimum atomic E-state index is 0.573. The lowest BCUT2D eigenvalue weighted by atomic mass is 9.90. The summed E-state index contributed by atoms with van der Waals surface area (Å²) < 4.78 is 0. The van der Waals surface area contributed by atoms with Crippen molar-refractivity contribution in [1.82, 2.24) is 0 Å². The van der Waals surface area contributed by atoms with E-state index in [1.54, 1.807) is 5.57 Å². The number of fused-ring (bicyclic) bond motifs is 3. The van der Waals surface area contributed by atoms with Crippen molar-refractivity contribution in [3.8, 4) is 11.1 Å². The zero-order valence-electron chi connectivity index (χ0n) is 11.5. The highest BCUT2D eigenvalue weighted by molar-refractivity contribution is 5.78. The van der Waals surface area contributed by atoms with Gasteiger partial charge in [0.05, 0.1) is 0 Å². The van der Waals surface area contributed by atoms with Crippen molar-refractivity contribution in [2.24, 2.45) is 0 Å². The van der Waals surface area contributed by atoms with Crippen LogP contribution in [-0.4, -0.2) is 0 Å². The molecule has 0 atom stereocenters. The average molecular weight is 258 g/mol. The summed E-state index contributed by atoms with van der Waals surface area (Å²) in [6.45, 7) is 0. The average Bonchev–Trinajstić information content (AvgIpc) is 3.11. The van der Waals surface area contributed by atoms with Crippen LogP contribution < -0.4 is 0 Å². The van der Waals surface area contributed by atoms with Gasteiger partial charge in [-0.2, -0.15) is 0 Å². The molecule has 0 heterocycles. The largest absolute Gasteiger partial charge is 0.0805 e. The van der Waals surface area contributed by atoms with Crippen molar-refractivity contribution in [2.75, 3.05) is 0 Å². The van der Waals surface area contributed by atoms with Crippen LogP contribution >= 0.6 is 0 Å². The van der Waals surface area contributed by atoms with Crippen LogP contribution in [0.4, 0.5) is 0 Å². The van der Waals surface area contributed by atoms with Gasteiger partial charge in [-0.25, -0.2) is 0 Å². The maximum absolute atomic E-state index is 2.31. The molecule has 0 fully saturated rings. The second-order valence-corrected chi connectivity index (χ2v) is 5.72. The fourth-order valence-corrected chi connectivity index (χ4v) is 3.58. The minimum Gasteiger partial charge on any atom is -0.0805 e. The van der Waals surface area contributed by atoms with Crippen LogP contribution in [0.15, 0.2) is 72.3 Å². The fourth-order valence-electron chi connectivity index (χ4n) is 3.58. The molecule has 2 aromatic rings. The first-order chi connectivity index (χ1) is 9.93. The Balaban J connectivity index is 1.68. The van der Waals surface area contributed by atoms with Crippen molar-refractivity contribution in [3.63, 3.8) is 0 Å². The first-order valence-electron chi connectivity index (χ1n) is 7.46. The van der Waals surface area contributed by atoms with Gasteiger partial charge in [0.15, 0.2) is 0 Å². The quantitative estimate of drug-likeness (QED) is 0.685. The van der Waals surface area contributed by atoms with Gasteiger partial charge in [-0.15, -0.1) is 0 Å².